The highest BCUT2D eigenvalue weighted by Crippen LogP contribution is 2.23. The molecule has 1 N–H and O–H groups in total. The summed E-state index contributed by atoms with van der Waals surface area (Å²) >= 11 is 3.60. The van der Waals surface area contributed by atoms with Crippen molar-refractivity contribution in [1.82, 2.24) is 5.32 Å². The second kappa shape index (κ2) is 9.44. The maximum Gasteiger partial charge on any atom is 0.119 e. The van der Waals surface area contributed by atoms with Crippen LogP contribution >= 0.6 is 15.9 Å². The zero-order valence-corrected chi connectivity index (χ0v) is 14.5. The Morgan fingerprint density at radius 2 is 2.33 bits per heavy atom. The van der Waals surface area contributed by atoms with Crippen LogP contribution in [-0.4, -0.2) is 25.9 Å². The molecule has 2 rings (SSSR count). The lowest BCUT2D eigenvalue weighted by Gasteiger charge is -2.12. The van der Waals surface area contributed by atoms with Crippen LogP contribution < -0.4 is 10.1 Å². The third-order valence-electron chi connectivity index (χ3n) is 3.72. The van der Waals surface area contributed by atoms with Crippen LogP contribution in [0.4, 0.5) is 0 Å². The van der Waals surface area contributed by atoms with Gasteiger partial charge in [0.05, 0.1) is 12.7 Å². The standard InChI is InChI=1S/C17H26BrNO2/c1-2-9-19-13-14-12-16(7-8-17(14)18)21-11-4-6-15-5-3-10-20-15/h7-8,12,15,19H,2-6,9-11,13H2,1H3. The molecule has 21 heavy (non-hydrogen) atoms. The Morgan fingerprint density at radius 3 is 3.10 bits per heavy atom. The van der Waals surface area contributed by atoms with E-state index in [0.717, 1.165) is 55.8 Å². The summed E-state index contributed by atoms with van der Waals surface area (Å²) in [5, 5.41) is 3.42. The van der Waals surface area contributed by atoms with E-state index >= 15 is 0 Å². The van der Waals surface area contributed by atoms with Crippen molar-refractivity contribution >= 4 is 15.9 Å². The number of hydrogen-bond acceptors (Lipinski definition) is 3. The molecule has 1 heterocycles. The van der Waals surface area contributed by atoms with Gasteiger partial charge in [-0.05, 0) is 62.4 Å². The van der Waals surface area contributed by atoms with Gasteiger partial charge in [0.15, 0.2) is 0 Å². The zero-order chi connectivity index (χ0) is 14.9. The van der Waals surface area contributed by atoms with Crippen LogP contribution in [0.2, 0.25) is 0 Å². The van der Waals surface area contributed by atoms with E-state index in [1.54, 1.807) is 0 Å². The third-order valence-corrected chi connectivity index (χ3v) is 4.50. The predicted molar refractivity (Wildman–Crippen MR) is 89.8 cm³/mol. The molecule has 0 spiro atoms. The first-order chi connectivity index (χ1) is 10.3. The first kappa shape index (κ1) is 16.8. The number of benzene rings is 1. The van der Waals surface area contributed by atoms with Crippen molar-refractivity contribution in [2.75, 3.05) is 19.8 Å². The maximum absolute atomic E-state index is 5.86. The molecule has 1 atom stereocenters. The Bertz CT molecular complexity index is 419. The Labute approximate surface area is 136 Å². The predicted octanol–water partition coefficient (Wildman–Crippen LogP) is 4.29. The highest BCUT2D eigenvalue weighted by molar-refractivity contribution is 9.10. The lowest BCUT2D eigenvalue weighted by Crippen LogP contribution is -2.14. The SMILES string of the molecule is CCCNCc1cc(OCCCC2CCCO2)ccc1Br. The summed E-state index contributed by atoms with van der Waals surface area (Å²) in [5.41, 5.74) is 1.25. The summed E-state index contributed by atoms with van der Waals surface area (Å²) in [5.74, 6) is 0.957. The number of halogens is 1. The molecule has 1 aromatic rings. The largest absolute Gasteiger partial charge is 0.494 e. The van der Waals surface area contributed by atoms with E-state index in [1.807, 2.05) is 6.07 Å². The molecule has 118 valence electrons. The van der Waals surface area contributed by atoms with E-state index in [0.29, 0.717) is 6.10 Å². The fourth-order valence-electron chi connectivity index (χ4n) is 2.55. The maximum atomic E-state index is 5.86. The van der Waals surface area contributed by atoms with E-state index < -0.39 is 0 Å². The molecule has 1 aliphatic rings. The summed E-state index contributed by atoms with van der Waals surface area (Å²) < 4.78 is 12.6. The van der Waals surface area contributed by atoms with E-state index in [4.69, 9.17) is 9.47 Å². The lowest BCUT2D eigenvalue weighted by molar-refractivity contribution is 0.0981. The van der Waals surface area contributed by atoms with Gasteiger partial charge < -0.3 is 14.8 Å². The molecular weight excluding hydrogens is 330 g/mol. The minimum Gasteiger partial charge on any atom is -0.494 e. The van der Waals surface area contributed by atoms with Gasteiger partial charge in [-0.3, -0.25) is 0 Å². The average Bonchev–Trinajstić information content (AvgIpc) is 3.00. The third kappa shape index (κ3) is 5.97. The summed E-state index contributed by atoms with van der Waals surface area (Å²) in [4.78, 5) is 0. The monoisotopic (exact) mass is 355 g/mol. The second-order valence-electron chi connectivity index (χ2n) is 5.56. The van der Waals surface area contributed by atoms with E-state index in [1.165, 1.54) is 18.4 Å². The Morgan fingerprint density at radius 1 is 1.43 bits per heavy atom. The van der Waals surface area contributed by atoms with Crippen molar-refractivity contribution in [1.29, 1.82) is 0 Å². The van der Waals surface area contributed by atoms with Gasteiger partial charge in [0, 0.05) is 17.6 Å². The van der Waals surface area contributed by atoms with Crippen LogP contribution in [0.15, 0.2) is 22.7 Å². The number of hydrogen-bond donors (Lipinski definition) is 1. The molecule has 1 saturated heterocycles. The molecule has 4 heteroatoms. The average molecular weight is 356 g/mol. The van der Waals surface area contributed by atoms with Gasteiger partial charge in [-0.1, -0.05) is 22.9 Å². The van der Waals surface area contributed by atoms with Crippen molar-refractivity contribution in [2.45, 2.75) is 51.7 Å². The van der Waals surface area contributed by atoms with Crippen molar-refractivity contribution in [3.63, 3.8) is 0 Å². The van der Waals surface area contributed by atoms with Crippen molar-refractivity contribution < 1.29 is 9.47 Å². The van der Waals surface area contributed by atoms with E-state index in [2.05, 4.69) is 40.3 Å². The number of ether oxygens (including phenoxy) is 2. The van der Waals surface area contributed by atoms with E-state index in [-0.39, 0.29) is 0 Å². The summed E-state index contributed by atoms with van der Waals surface area (Å²) in [6, 6.07) is 6.22. The normalized spacial score (nSPS) is 18.1. The van der Waals surface area contributed by atoms with Crippen LogP contribution in [0.5, 0.6) is 5.75 Å². The van der Waals surface area contributed by atoms with Crippen molar-refractivity contribution in [3.05, 3.63) is 28.2 Å². The molecule has 0 amide bonds. The van der Waals surface area contributed by atoms with Gasteiger partial charge in [-0.2, -0.15) is 0 Å². The second-order valence-corrected chi connectivity index (χ2v) is 6.41. The van der Waals surface area contributed by atoms with Gasteiger partial charge in [0.1, 0.15) is 5.75 Å². The van der Waals surface area contributed by atoms with Crippen LogP contribution in [0, 0.1) is 0 Å². The molecule has 0 saturated carbocycles. The quantitative estimate of drug-likeness (QED) is 0.670. The smallest absolute Gasteiger partial charge is 0.119 e. The Kier molecular flexibility index (Phi) is 7.54. The van der Waals surface area contributed by atoms with Crippen LogP contribution in [-0.2, 0) is 11.3 Å². The van der Waals surface area contributed by atoms with Crippen LogP contribution in [0.3, 0.4) is 0 Å². The highest BCUT2D eigenvalue weighted by Gasteiger charge is 2.14. The first-order valence-corrected chi connectivity index (χ1v) is 8.82. The van der Waals surface area contributed by atoms with Crippen LogP contribution in [0.25, 0.3) is 0 Å². The number of nitrogens with one attached hydrogen (secondary N) is 1. The molecule has 1 fully saturated rings. The van der Waals surface area contributed by atoms with Gasteiger partial charge in [0.25, 0.3) is 0 Å². The molecule has 1 aromatic carbocycles. The molecule has 0 aromatic heterocycles. The lowest BCUT2D eigenvalue weighted by atomic mass is 10.1. The minimum absolute atomic E-state index is 0.465. The molecule has 0 bridgehead atoms. The van der Waals surface area contributed by atoms with Gasteiger partial charge in [-0.15, -0.1) is 0 Å². The van der Waals surface area contributed by atoms with Gasteiger partial charge in [0.2, 0.25) is 0 Å². The fraction of sp³-hybridized carbons (Fsp3) is 0.647. The molecular formula is C17H26BrNO2. The van der Waals surface area contributed by atoms with Crippen LogP contribution in [0.1, 0.15) is 44.6 Å². The Hall–Kier alpha value is -0.580. The van der Waals surface area contributed by atoms with E-state index in [9.17, 15) is 0 Å². The number of rotatable bonds is 9. The first-order valence-electron chi connectivity index (χ1n) is 8.03. The Balaban J connectivity index is 1.72. The molecule has 1 unspecified atom stereocenters. The molecule has 0 radical (unpaired) electrons. The molecule has 0 aliphatic carbocycles. The topological polar surface area (TPSA) is 30.5 Å². The molecule has 1 aliphatic heterocycles. The summed E-state index contributed by atoms with van der Waals surface area (Å²) in [6.45, 7) is 5.80. The van der Waals surface area contributed by atoms with Gasteiger partial charge >= 0.3 is 0 Å². The highest BCUT2D eigenvalue weighted by atomic mass is 79.9. The minimum atomic E-state index is 0.465. The summed E-state index contributed by atoms with van der Waals surface area (Å²) in [6.07, 6.45) is 6.22. The zero-order valence-electron chi connectivity index (χ0n) is 12.9. The summed E-state index contributed by atoms with van der Waals surface area (Å²) in [7, 11) is 0. The van der Waals surface area contributed by atoms with Gasteiger partial charge in [-0.25, -0.2) is 0 Å². The van der Waals surface area contributed by atoms with Crippen molar-refractivity contribution in [2.24, 2.45) is 0 Å². The van der Waals surface area contributed by atoms with Crippen molar-refractivity contribution in [3.8, 4) is 5.75 Å². The molecule has 3 nitrogen and oxygen atoms in total. The fourth-order valence-corrected chi connectivity index (χ4v) is 2.94.